The summed E-state index contributed by atoms with van der Waals surface area (Å²) in [6.45, 7) is 2.96. The first-order valence-corrected chi connectivity index (χ1v) is 9.37. The van der Waals surface area contributed by atoms with Crippen LogP contribution < -0.4 is 23.7 Å². The van der Waals surface area contributed by atoms with Crippen LogP contribution in [0.2, 0.25) is 0 Å². The molecule has 1 amide bonds. The summed E-state index contributed by atoms with van der Waals surface area (Å²) in [5, 5.41) is 0. The molecule has 0 fully saturated rings. The average molecular weight is 401 g/mol. The van der Waals surface area contributed by atoms with Gasteiger partial charge in [0.1, 0.15) is 0 Å². The van der Waals surface area contributed by atoms with Crippen LogP contribution in [0.1, 0.15) is 16.7 Å². The molecule has 1 heterocycles. The van der Waals surface area contributed by atoms with E-state index in [4.69, 9.17) is 23.7 Å². The van der Waals surface area contributed by atoms with Crippen LogP contribution in [0.5, 0.6) is 28.7 Å². The summed E-state index contributed by atoms with van der Waals surface area (Å²) in [5.74, 6) is 2.76. The molecule has 0 saturated heterocycles. The van der Waals surface area contributed by atoms with E-state index >= 15 is 0 Å². The molecule has 156 valence electrons. The molecule has 7 heteroatoms. The zero-order valence-electron chi connectivity index (χ0n) is 17.5. The second kappa shape index (κ2) is 8.94. The van der Waals surface area contributed by atoms with Crippen molar-refractivity contribution in [2.45, 2.75) is 19.9 Å². The van der Waals surface area contributed by atoms with Crippen LogP contribution in [0.15, 0.2) is 24.3 Å². The Morgan fingerprint density at radius 3 is 1.97 bits per heavy atom. The number of hydrogen-bond acceptors (Lipinski definition) is 6. The minimum atomic E-state index is -0.102. The Balaban J connectivity index is 1.72. The van der Waals surface area contributed by atoms with Gasteiger partial charge < -0.3 is 28.6 Å². The van der Waals surface area contributed by atoms with Gasteiger partial charge in [0, 0.05) is 13.1 Å². The molecule has 1 aliphatic heterocycles. The van der Waals surface area contributed by atoms with Crippen LogP contribution in [-0.4, -0.2) is 52.4 Å². The number of amides is 1. The monoisotopic (exact) mass is 401 g/mol. The van der Waals surface area contributed by atoms with Gasteiger partial charge in [-0.15, -0.1) is 0 Å². The SMILES string of the molecule is COc1cc2c(cc1OC)CN(C(=O)COc1c(OC)cc(C)cc1OC)CC2. The molecule has 0 spiro atoms. The predicted octanol–water partition coefficient (Wildman–Crippen LogP) is 2.99. The molecule has 29 heavy (non-hydrogen) atoms. The zero-order chi connectivity index (χ0) is 21.0. The topological polar surface area (TPSA) is 66.5 Å². The minimum absolute atomic E-state index is 0.0988. The maximum absolute atomic E-state index is 12.8. The third-order valence-electron chi connectivity index (χ3n) is 5.02. The van der Waals surface area contributed by atoms with Gasteiger partial charge in [-0.1, -0.05) is 0 Å². The van der Waals surface area contributed by atoms with Crippen molar-refractivity contribution in [2.75, 3.05) is 41.6 Å². The molecule has 0 aromatic heterocycles. The van der Waals surface area contributed by atoms with Gasteiger partial charge in [0.05, 0.1) is 28.4 Å². The van der Waals surface area contributed by atoms with E-state index in [1.165, 1.54) is 0 Å². The van der Waals surface area contributed by atoms with E-state index in [1.807, 2.05) is 31.2 Å². The molecule has 0 atom stereocenters. The zero-order valence-corrected chi connectivity index (χ0v) is 17.5. The summed E-state index contributed by atoms with van der Waals surface area (Å²) in [6, 6.07) is 7.60. The van der Waals surface area contributed by atoms with Crippen molar-refractivity contribution in [3.63, 3.8) is 0 Å². The van der Waals surface area contributed by atoms with Crippen LogP contribution in [0, 0.1) is 6.92 Å². The van der Waals surface area contributed by atoms with Gasteiger partial charge in [-0.05, 0) is 54.3 Å². The number of benzene rings is 2. The lowest BCUT2D eigenvalue weighted by atomic mass is 9.99. The second-order valence-electron chi connectivity index (χ2n) is 6.83. The molecule has 1 aliphatic rings. The van der Waals surface area contributed by atoms with Crippen LogP contribution >= 0.6 is 0 Å². The van der Waals surface area contributed by atoms with Crippen molar-refractivity contribution in [1.29, 1.82) is 0 Å². The van der Waals surface area contributed by atoms with E-state index in [1.54, 1.807) is 33.3 Å². The highest BCUT2D eigenvalue weighted by Crippen LogP contribution is 2.38. The Morgan fingerprint density at radius 1 is 0.862 bits per heavy atom. The molecule has 3 rings (SSSR count). The Morgan fingerprint density at radius 2 is 1.41 bits per heavy atom. The van der Waals surface area contributed by atoms with Gasteiger partial charge in [-0.25, -0.2) is 0 Å². The maximum Gasteiger partial charge on any atom is 0.260 e. The molecule has 0 unspecified atom stereocenters. The fourth-order valence-corrected chi connectivity index (χ4v) is 3.47. The van der Waals surface area contributed by atoms with Crippen LogP contribution in [0.25, 0.3) is 0 Å². The molecule has 0 N–H and O–H groups in total. The van der Waals surface area contributed by atoms with E-state index in [0.717, 1.165) is 23.1 Å². The third kappa shape index (κ3) is 4.34. The summed E-state index contributed by atoms with van der Waals surface area (Å²) >= 11 is 0. The van der Waals surface area contributed by atoms with E-state index in [0.29, 0.717) is 41.8 Å². The van der Waals surface area contributed by atoms with E-state index in [2.05, 4.69) is 0 Å². The van der Waals surface area contributed by atoms with Gasteiger partial charge in [-0.2, -0.15) is 0 Å². The highest BCUT2D eigenvalue weighted by Gasteiger charge is 2.24. The molecule has 2 aromatic carbocycles. The van der Waals surface area contributed by atoms with Crippen molar-refractivity contribution in [3.05, 3.63) is 41.0 Å². The van der Waals surface area contributed by atoms with Gasteiger partial charge in [0.25, 0.3) is 5.91 Å². The fourth-order valence-electron chi connectivity index (χ4n) is 3.47. The summed E-state index contributed by atoms with van der Waals surface area (Å²) in [7, 11) is 6.35. The number of ether oxygens (including phenoxy) is 5. The lowest BCUT2D eigenvalue weighted by Crippen LogP contribution is -2.38. The number of aryl methyl sites for hydroxylation is 1. The molecule has 0 radical (unpaired) electrons. The Bertz CT molecular complexity index is 870. The molecule has 0 bridgehead atoms. The number of carbonyl (C=O) groups excluding carboxylic acids is 1. The van der Waals surface area contributed by atoms with Crippen LogP contribution in [0.4, 0.5) is 0 Å². The Hall–Kier alpha value is -3.09. The van der Waals surface area contributed by atoms with Gasteiger partial charge in [0.2, 0.25) is 5.75 Å². The standard InChI is InChI=1S/C22H27NO6/c1-14-8-19(27-4)22(20(9-14)28-5)29-13-21(24)23-7-6-15-10-17(25-2)18(26-3)11-16(15)12-23/h8-11H,6-7,12-13H2,1-5H3. The quantitative estimate of drug-likeness (QED) is 0.711. The largest absolute Gasteiger partial charge is 0.493 e. The summed E-state index contributed by atoms with van der Waals surface area (Å²) < 4.78 is 27.3. The van der Waals surface area contributed by atoms with E-state index in [-0.39, 0.29) is 12.5 Å². The number of carbonyl (C=O) groups is 1. The summed E-state index contributed by atoms with van der Waals surface area (Å²) in [6.07, 6.45) is 0.749. The van der Waals surface area contributed by atoms with Gasteiger partial charge >= 0.3 is 0 Å². The normalized spacial score (nSPS) is 12.8. The summed E-state index contributed by atoms with van der Waals surface area (Å²) in [5.41, 5.74) is 3.19. The Labute approximate surface area is 171 Å². The number of hydrogen-bond donors (Lipinski definition) is 0. The van der Waals surface area contributed by atoms with Crippen molar-refractivity contribution < 1.29 is 28.5 Å². The molecule has 2 aromatic rings. The number of methoxy groups -OCH3 is 4. The first-order chi connectivity index (χ1) is 14.0. The maximum atomic E-state index is 12.8. The summed E-state index contributed by atoms with van der Waals surface area (Å²) in [4.78, 5) is 14.6. The minimum Gasteiger partial charge on any atom is -0.493 e. The Kier molecular flexibility index (Phi) is 6.36. The van der Waals surface area contributed by atoms with Crippen LogP contribution in [0.3, 0.4) is 0 Å². The van der Waals surface area contributed by atoms with E-state index < -0.39 is 0 Å². The fraction of sp³-hybridized carbons (Fsp3) is 0.409. The number of fused-ring (bicyclic) bond motifs is 1. The first kappa shape index (κ1) is 20.6. The van der Waals surface area contributed by atoms with Crippen LogP contribution in [-0.2, 0) is 17.8 Å². The molecular formula is C22H27NO6. The smallest absolute Gasteiger partial charge is 0.260 e. The molecular weight excluding hydrogens is 374 g/mol. The van der Waals surface area contributed by atoms with E-state index in [9.17, 15) is 4.79 Å². The van der Waals surface area contributed by atoms with Crippen molar-refractivity contribution in [1.82, 2.24) is 4.90 Å². The lowest BCUT2D eigenvalue weighted by Gasteiger charge is -2.29. The molecule has 0 aliphatic carbocycles. The third-order valence-corrected chi connectivity index (χ3v) is 5.02. The highest BCUT2D eigenvalue weighted by atomic mass is 16.5. The lowest BCUT2D eigenvalue weighted by molar-refractivity contribution is -0.134. The van der Waals surface area contributed by atoms with Crippen molar-refractivity contribution in [3.8, 4) is 28.7 Å². The molecule has 7 nitrogen and oxygen atoms in total. The van der Waals surface area contributed by atoms with Crippen molar-refractivity contribution >= 4 is 5.91 Å². The average Bonchev–Trinajstić information content (AvgIpc) is 2.75. The molecule has 0 saturated carbocycles. The predicted molar refractivity (Wildman–Crippen MR) is 108 cm³/mol. The second-order valence-corrected chi connectivity index (χ2v) is 6.83. The van der Waals surface area contributed by atoms with Crippen molar-refractivity contribution in [2.24, 2.45) is 0 Å². The van der Waals surface area contributed by atoms with Gasteiger partial charge in [0.15, 0.2) is 29.6 Å². The number of nitrogens with zero attached hydrogens (tertiary/aromatic N) is 1. The van der Waals surface area contributed by atoms with Gasteiger partial charge in [-0.3, -0.25) is 4.79 Å². The number of rotatable bonds is 7. The highest BCUT2D eigenvalue weighted by molar-refractivity contribution is 5.78. The first-order valence-electron chi connectivity index (χ1n) is 9.37.